The van der Waals surface area contributed by atoms with Crippen molar-refractivity contribution in [2.75, 3.05) is 6.26 Å². The van der Waals surface area contributed by atoms with Crippen molar-refractivity contribution in [1.82, 2.24) is 14.3 Å². The zero-order valence-electron chi connectivity index (χ0n) is 18.5. The van der Waals surface area contributed by atoms with Crippen molar-refractivity contribution in [2.24, 2.45) is 0 Å². The number of rotatable bonds is 5. The third kappa shape index (κ3) is 5.23. The van der Waals surface area contributed by atoms with E-state index in [0.717, 1.165) is 39.7 Å². The molecule has 3 rings (SSSR count). The molecule has 0 aliphatic heterocycles. The monoisotopic (exact) mass is 522 g/mol. The minimum absolute atomic E-state index is 0.0879. The molecule has 0 fully saturated rings. The van der Waals surface area contributed by atoms with Gasteiger partial charge >= 0.3 is 12.1 Å². The Labute approximate surface area is 202 Å². The van der Waals surface area contributed by atoms with Gasteiger partial charge in [0.1, 0.15) is 22.5 Å². The zero-order valence-corrected chi connectivity index (χ0v) is 20.1. The summed E-state index contributed by atoms with van der Waals surface area (Å²) in [5.41, 5.74) is 1.69. The van der Waals surface area contributed by atoms with Gasteiger partial charge in [0, 0.05) is 5.56 Å². The average Bonchev–Trinajstić information content (AvgIpc) is 2.79. The van der Waals surface area contributed by atoms with E-state index >= 15 is 0 Å². The molecule has 1 amide bonds. The highest BCUT2D eigenvalue weighted by Crippen LogP contribution is 2.26. The van der Waals surface area contributed by atoms with Crippen LogP contribution in [0.4, 0.5) is 13.2 Å². The topological polar surface area (TPSA) is 122 Å². The van der Waals surface area contributed by atoms with Crippen LogP contribution in [0.15, 0.2) is 57.2 Å². The first-order valence-electron chi connectivity index (χ1n) is 9.73. The fourth-order valence-electron chi connectivity index (χ4n) is 3.06. The number of hydrogen-bond donors (Lipinski definition) is 1. The summed E-state index contributed by atoms with van der Waals surface area (Å²) >= 11 is 1.07. The minimum atomic E-state index is -5.38. The van der Waals surface area contributed by atoms with Crippen LogP contribution < -0.4 is 10.3 Å². The Morgan fingerprint density at radius 2 is 1.74 bits per heavy atom. The van der Waals surface area contributed by atoms with Crippen LogP contribution in [-0.2, 0) is 14.8 Å². The fourth-order valence-corrected chi connectivity index (χ4v) is 4.55. The van der Waals surface area contributed by atoms with E-state index in [-0.39, 0.29) is 22.0 Å². The molecule has 0 atom stereocenters. The summed E-state index contributed by atoms with van der Waals surface area (Å²) in [5.74, 6) is -2.53. The van der Waals surface area contributed by atoms with Crippen LogP contribution in [0.3, 0.4) is 0 Å². The molecule has 1 aromatic heterocycles. The van der Waals surface area contributed by atoms with E-state index in [4.69, 9.17) is 0 Å². The van der Waals surface area contributed by atoms with E-state index in [2.05, 4.69) is 4.98 Å². The zero-order chi connectivity index (χ0) is 26.1. The first-order valence-corrected chi connectivity index (χ1v) is 12.4. The van der Waals surface area contributed by atoms with Gasteiger partial charge in [0.25, 0.3) is 15.6 Å². The molecule has 1 heterocycles. The van der Waals surface area contributed by atoms with E-state index in [1.54, 1.807) is 24.5 Å². The Morgan fingerprint density at radius 3 is 2.26 bits per heavy atom. The lowest BCUT2D eigenvalue weighted by molar-refractivity contribution is -0.171. The van der Waals surface area contributed by atoms with Crippen LogP contribution in [0.5, 0.6) is 0 Å². The number of benzene rings is 2. The number of halogens is 3. The van der Waals surface area contributed by atoms with Gasteiger partial charge in [-0.05, 0) is 67.6 Å². The van der Waals surface area contributed by atoms with Gasteiger partial charge in [0.2, 0.25) is 0 Å². The van der Waals surface area contributed by atoms with Gasteiger partial charge in [-0.2, -0.15) is 18.4 Å². The van der Waals surface area contributed by atoms with Gasteiger partial charge in [-0.15, -0.1) is 11.8 Å². The molecule has 8 nitrogen and oxygen atoms in total. The highest BCUT2D eigenvalue weighted by Gasteiger charge is 2.41. The maximum Gasteiger partial charge on any atom is 0.472 e. The van der Waals surface area contributed by atoms with Gasteiger partial charge < -0.3 is 0 Å². The summed E-state index contributed by atoms with van der Waals surface area (Å²) < 4.78 is 64.0. The molecule has 0 bridgehead atoms. The van der Waals surface area contributed by atoms with E-state index in [1.165, 1.54) is 16.7 Å². The second kappa shape index (κ2) is 9.55. The molecule has 182 valence electrons. The molecule has 13 heteroatoms. The van der Waals surface area contributed by atoms with Crippen LogP contribution >= 0.6 is 11.8 Å². The smallest absolute Gasteiger partial charge is 0.267 e. The van der Waals surface area contributed by atoms with E-state index in [1.807, 2.05) is 19.9 Å². The predicted molar refractivity (Wildman–Crippen MR) is 123 cm³/mol. The van der Waals surface area contributed by atoms with Crippen LogP contribution in [0.2, 0.25) is 0 Å². The molecule has 1 N–H and O–H groups in total. The van der Waals surface area contributed by atoms with Crippen molar-refractivity contribution in [1.29, 1.82) is 5.26 Å². The lowest BCUT2D eigenvalue weighted by Crippen LogP contribution is -2.40. The summed E-state index contributed by atoms with van der Waals surface area (Å²) in [5, 5.41) is 9.67. The summed E-state index contributed by atoms with van der Waals surface area (Å²) in [6.07, 6.45) is -3.75. The van der Waals surface area contributed by atoms with Crippen molar-refractivity contribution in [3.05, 3.63) is 69.5 Å². The normalized spacial score (nSPS) is 11.7. The number of sulfonamides is 1. The Hall–Kier alpha value is -3.63. The number of carbonyl (C=O) groups excluding carboxylic acids is 1. The van der Waals surface area contributed by atoms with E-state index in [9.17, 15) is 36.4 Å². The Balaban J connectivity index is 2.18. The van der Waals surface area contributed by atoms with Crippen molar-refractivity contribution >= 4 is 27.7 Å². The maximum atomic E-state index is 13.2. The van der Waals surface area contributed by atoms with E-state index in [0.29, 0.717) is 5.69 Å². The van der Waals surface area contributed by atoms with Gasteiger partial charge in [-0.25, -0.2) is 18.1 Å². The van der Waals surface area contributed by atoms with Crippen molar-refractivity contribution in [3.8, 4) is 23.1 Å². The van der Waals surface area contributed by atoms with Crippen LogP contribution in [0.25, 0.3) is 17.1 Å². The van der Waals surface area contributed by atoms with Crippen LogP contribution in [-0.4, -0.2) is 36.3 Å². The summed E-state index contributed by atoms with van der Waals surface area (Å²) in [6.45, 7) is 3.72. The summed E-state index contributed by atoms with van der Waals surface area (Å²) in [4.78, 5) is 28.2. The third-order valence-corrected chi connectivity index (χ3v) is 7.04. The maximum absolute atomic E-state index is 13.2. The summed E-state index contributed by atoms with van der Waals surface area (Å²) in [7, 11) is -4.80. The van der Waals surface area contributed by atoms with Gasteiger partial charge in [-0.1, -0.05) is 6.07 Å². The molecule has 2 aromatic carbocycles. The van der Waals surface area contributed by atoms with Crippen LogP contribution in [0.1, 0.15) is 16.7 Å². The van der Waals surface area contributed by atoms with Gasteiger partial charge in [-0.3, -0.25) is 14.2 Å². The number of nitrogens with zero attached hydrogens (tertiary/aromatic N) is 3. The SMILES string of the molecule is CSc1nc(-c2ccc(S(=O)(=O)NC(=O)C(F)(F)F)cc2)n(-c2ccc(C)c(C)c2)c(=O)c1C#N. The molecule has 0 spiro atoms. The van der Waals surface area contributed by atoms with Crippen molar-refractivity contribution in [3.63, 3.8) is 0 Å². The largest absolute Gasteiger partial charge is 0.472 e. The molecule has 3 aromatic rings. The van der Waals surface area contributed by atoms with Gasteiger partial charge in [0.05, 0.1) is 10.6 Å². The number of alkyl halides is 3. The quantitative estimate of drug-likeness (QED) is 0.402. The number of amides is 1. The predicted octanol–water partition coefficient (Wildman–Crippen LogP) is 3.48. The lowest BCUT2D eigenvalue weighted by atomic mass is 10.1. The number of aromatic nitrogens is 2. The Kier molecular flexibility index (Phi) is 7.09. The third-order valence-electron chi connectivity index (χ3n) is 5.01. The Bertz CT molecular complexity index is 1520. The highest BCUT2D eigenvalue weighted by atomic mass is 32.2. The second-order valence-electron chi connectivity index (χ2n) is 7.30. The number of carbonyl (C=O) groups is 1. The number of nitriles is 1. The van der Waals surface area contributed by atoms with Crippen LogP contribution in [0, 0.1) is 25.2 Å². The van der Waals surface area contributed by atoms with Gasteiger partial charge in [0.15, 0.2) is 0 Å². The average molecular weight is 523 g/mol. The number of nitrogens with one attached hydrogen (secondary N) is 1. The number of aryl methyl sites for hydroxylation is 2. The molecule has 0 saturated carbocycles. The fraction of sp³-hybridized carbons (Fsp3) is 0.182. The Morgan fingerprint density at radius 1 is 1.11 bits per heavy atom. The second-order valence-corrected chi connectivity index (χ2v) is 9.77. The first-order chi connectivity index (χ1) is 16.3. The molecule has 0 saturated heterocycles. The first kappa shape index (κ1) is 26.0. The molecule has 35 heavy (non-hydrogen) atoms. The van der Waals surface area contributed by atoms with Crippen molar-refractivity contribution < 1.29 is 26.4 Å². The number of hydrogen-bond acceptors (Lipinski definition) is 7. The molecular weight excluding hydrogens is 505 g/mol. The van der Waals surface area contributed by atoms with E-state index < -0.39 is 32.6 Å². The lowest BCUT2D eigenvalue weighted by Gasteiger charge is -2.16. The standard InChI is InChI=1S/C22H17F3N4O4S2/c1-12-4-7-15(10-13(12)2)29-18(27-19(34-3)17(11-26)20(29)30)14-5-8-16(9-6-14)35(32,33)28-21(31)22(23,24)25/h4-10H,1-3H3,(H,28,31). The number of thioether (sulfide) groups is 1. The minimum Gasteiger partial charge on any atom is -0.267 e. The highest BCUT2D eigenvalue weighted by molar-refractivity contribution is 7.98. The molecule has 0 radical (unpaired) electrons. The summed E-state index contributed by atoms with van der Waals surface area (Å²) in [6, 6.07) is 11.5. The molecule has 0 unspecified atom stereocenters. The van der Waals surface area contributed by atoms with Crippen molar-refractivity contribution in [2.45, 2.75) is 29.9 Å². The molecule has 0 aliphatic rings. The molecule has 0 aliphatic carbocycles. The molecular formula is C22H17F3N4O4S2.